The minimum Gasteiger partial charge on any atom is -0.388 e. The van der Waals surface area contributed by atoms with E-state index < -0.39 is 0 Å². The lowest BCUT2D eigenvalue weighted by Gasteiger charge is -2.32. The zero-order valence-electron chi connectivity index (χ0n) is 13.8. The van der Waals surface area contributed by atoms with Crippen molar-refractivity contribution in [3.63, 3.8) is 0 Å². The molecule has 0 aromatic heterocycles. The summed E-state index contributed by atoms with van der Waals surface area (Å²) in [6, 6.07) is 0. The summed E-state index contributed by atoms with van der Waals surface area (Å²) >= 11 is 0. The van der Waals surface area contributed by atoms with Crippen LogP contribution in [-0.2, 0) is 0 Å². The second-order valence-corrected chi connectivity index (χ2v) is 6.97. The molecule has 0 saturated carbocycles. The van der Waals surface area contributed by atoms with Crippen molar-refractivity contribution in [3.8, 4) is 0 Å². The van der Waals surface area contributed by atoms with Crippen molar-refractivity contribution in [2.24, 2.45) is 22.8 Å². The van der Waals surface area contributed by atoms with Crippen LogP contribution in [0.4, 0.5) is 0 Å². The van der Waals surface area contributed by atoms with Gasteiger partial charge in [0.15, 0.2) is 0 Å². The number of unbranched alkanes of at least 4 members (excludes halogenated alkanes) is 1. The molecule has 0 bridgehead atoms. The van der Waals surface area contributed by atoms with Crippen LogP contribution in [0.25, 0.3) is 0 Å². The average molecular weight is 279 g/mol. The van der Waals surface area contributed by atoms with Crippen LogP contribution in [0.1, 0.15) is 66.2 Å². The van der Waals surface area contributed by atoms with Gasteiger partial charge in [-0.2, -0.15) is 0 Å². The highest BCUT2D eigenvalue weighted by Gasteiger charge is 2.26. The molecule has 5 N–H and O–H groups in total. The highest BCUT2D eigenvalue weighted by molar-refractivity contribution is 5.31. The van der Waals surface area contributed by atoms with Crippen LogP contribution in [0.3, 0.4) is 0 Å². The lowest BCUT2D eigenvalue weighted by Crippen LogP contribution is -2.29. The van der Waals surface area contributed by atoms with E-state index >= 15 is 0 Å². The molecule has 0 aromatic carbocycles. The first-order chi connectivity index (χ1) is 9.38. The molecule has 1 atom stereocenters. The number of hydrogen-bond donors (Lipinski definition) is 3. The Morgan fingerprint density at radius 2 is 2.00 bits per heavy atom. The van der Waals surface area contributed by atoms with Gasteiger partial charge in [0.1, 0.15) is 0 Å². The maximum absolute atomic E-state index is 5.78. The minimum absolute atomic E-state index is 0.238. The molecule has 3 nitrogen and oxygen atoms in total. The molecule has 116 valence electrons. The zero-order chi connectivity index (χ0) is 15.2. The van der Waals surface area contributed by atoms with Gasteiger partial charge in [0.2, 0.25) is 0 Å². The van der Waals surface area contributed by atoms with Gasteiger partial charge in [-0.25, -0.2) is 0 Å². The van der Waals surface area contributed by atoms with Crippen molar-refractivity contribution in [1.29, 1.82) is 0 Å². The summed E-state index contributed by atoms with van der Waals surface area (Å²) < 4.78 is 0. The molecule has 0 aliphatic heterocycles. The Morgan fingerprint density at radius 1 is 1.30 bits per heavy atom. The molecule has 0 spiro atoms. The molecule has 0 radical (unpaired) electrons. The molecule has 0 fully saturated rings. The molecule has 20 heavy (non-hydrogen) atoms. The summed E-state index contributed by atoms with van der Waals surface area (Å²) in [4.78, 5) is 0. The Balaban J connectivity index is 2.63. The van der Waals surface area contributed by atoms with Gasteiger partial charge in [0.25, 0.3) is 0 Å². The lowest BCUT2D eigenvalue weighted by atomic mass is 9.77. The van der Waals surface area contributed by atoms with Gasteiger partial charge in [-0.15, -0.1) is 0 Å². The van der Waals surface area contributed by atoms with E-state index in [2.05, 4.69) is 39.1 Å². The van der Waals surface area contributed by atoms with Crippen LogP contribution >= 0.6 is 0 Å². The van der Waals surface area contributed by atoms with E-state index in [1.54, 1.807) is 0 Å². The first kappa shape index (κ1) is 16.9. The molecule has 0 saturated heterocycles. The average Bonchev–Trinajstić information content (AvgIpc) is 2.37. The van der Waals surface area contributed by atoms with Gasteiger partial charge in [-0.05, 0) is 42.2 Å². The fourth-order valence-corrected chi connectivity index (χ4v) is 2.92. The van der Waals surface area contributed by atoms with Crippen molar-refractivity contribution >= 4 is 0 Å². The summed E-state index contributed by atoms with van der Waals surface area (Å²) in [5.41, 5.74) is 14.2. The fourth-order valence-electron chi connectivity index (χ4n) is 2.92. The predicted molar refractivity (Wildman–Crippen MR) is 87.8 cm³/mol. The monoisotopic (exact) mass is 279 g/mol. The highest BCUT2D eigenvalue weighted by atomic mass is 14.9. The van der Waals surface area contributed by atoms with E-state index in [4.69, 9.17) is 11.5 Å². The lowest BCUT2D eigenvalue weighted by molar-refractivity contribution is 0.333. The highest BCUT2D eigenvalue weighted by Crippen LogP contribution is 2.37. The van der Waals surface area contributed by atoms with Crippen LogP contribution in [0, 0.1) is 11.3 Å². The third-order valence-corrected chi connectivity index (χ3v) is 4.22. The Bertz CT molecular complexity index is 362. The van der Waals surface area contributed by atoms with E-state index in [0.717, 1.165) is 30.9 Å². The Labute approximate surface area is 124 Å². The fraction of sp³-hybridized carbons (Fsp3) is 0.765. The van der Waals surface area contributed by atoms with Crippen molar-refractivity contribution < 1.29 is 0 Å². The van der Waals surface area contributed by atoms with Gasteiger partial charge in [-0.3, -0.25) is 0 Å². The van der Waals surface area contributed by atoms with Gasteiger partial charge < -0.3 is 16.8 Å². The van der Waals surface area contributed by atoms with Crippen LogP contribution in [0.15, 0.2) is 23.2 Å². The van der Waals surface area contributed by atoms with Crippen molar-refractivity contribution in [1.82, 2.24) is 5.32 Å². The Morgan fingerprint density at radius 3 is 2.55 bits per heavy atom. The van der Waals surface area contributed by atoms with Gasteiger partial charge in [0.05, 0.1) is 5.82 Å². The molecule has 1 aliphatic rings. The molecular weight excluding hydrogens is 246 g/mol. The Hall–Kier alpha value is -1.12. The minimum atomic E-state index is 0.238. The van der Waals surface area contributed by atoms with E-state index in [9.17, 15) is 0 Å². The summed E-state index contributed by atoms with van der Waals surface area (Å²) in [5.74, 6) is 1.23. The second kappa shape index (κ2) is 7.61. The van der Waals surface area contributed by atoms with Crippen molar-refractivity contribution in [2.45, 2.75) is 66.2 Å². The van der Waals surface area contributed by atoms with Crippen LogP contribution in [0.5, 0.6) is 0 Å². The van der Waals surface area contributed by atoms with Crippen molar-refractivity contribution in [2.75, 3.05) is 6.54 Å². The van der Waals surface area contributed by atoms with E-state index in [1.165, 1.54) is 31.4 Å². The summed E-state index contributed by atoms with van der Waals surface area (Å²) in [5, 5.41) is 3.64. The number of rotatable bonds is 7. The topological polar surface area (TPSA) is 64.1 Å². The largest absolute Gasteiger partial charge is 0.388 e. The molecule has 0 amide bonds. The van der Waals surface area contributed by atoms with E-state index in [0.29, 0.717) is 5.82 Å². The van der Waals surface area contributed by atoms with Gasteiger partial charge in [0, 0.05) is 12.2 Å². The summed E-state index contributed by atoms with van der Waals surface area (Å²) in [6.45, 7) is 10.2. The van der Waals surface area contributed by atoms with Crippen LogP contribution in [-0.4, -0.2) is 6.54 Å². The maximum Gasteiger partial charge on any atom is 0.0967 e. The molecule has 1 unspecified atom stereocenters. The zero-order valence-corrected chi connectivity index (χ0v) is 13.8. The molecule has 0 aromatic rings. The summed E-state index contributed by atoms with van der Waals surface area (Å²) in [7, 11) is 0. The number of nitrogens with two attached hydrogens (primary N) is 2. The molecule has 3 heteroatoms. The number of allylic oxidation sites excluding steroid dienone is 3. The van der Waals surface area contributed by atoms with Crippen LogP contribution < -0.4 is 16.8 Å². The van der Waals surface area contributed by atoms with Crippen molar-refractivity contribution in [3.05, 3.63) is 23.2 Å². The first-order valence-corrected chi connectivity index (χ1v) is 8.06. The number of hydrogen-bond acceptors (Lipinski definition) is 3. The van der Waals surface area contributed by atoms with E-state index in [-0.39, 0.29) is 5.41 Å². The smallest absolute Gasteiger partial charge is 0.0967 e. The third kappa shape index (κ3) is 5.48. The molecular formula is C17H33N3. The van der Waals surface area contributed by atoms with Crippen LogP contribution in [0.2, 0.25) is 0 Å². The van der Waals surface area contributed by atoms with E-state index in [1.807, 2.05) is 0 Å². The van der Waals surface area contributed by atoms with Gasteiger partial charge >= 0.3 is 0 Å². The third-order valence-electron chi connectivity index (χ3n) is 4.22. The van der Waals surface area contributed by atoms with Gasteiger partial charge in [-0.1, -0.05) is 47.0 Å². The Kier molecular flexibility index (Phi) is 6.44. The first-order valence-electron chi connectivity index (χ1n) is 8.06. The number of nitrogens with one attached hydrogen (secondary N) is 1. The maximum atomic E-state index is 5.78. The standard InChI is InChI=1S/C17H33N3/c1-5-7-8-13(6-2)12-20-15-9-14(16(18)19)10-17(3,4)11-15/h9,13,20H,5-8,10-12,18-19H2,1-4H3. The summed E-state index contributed by atoms with van der Waals surface area (Å²) in [6.07, 6.45) is 9.37. The quantitative estimate of drug-likeness (QED) is 0.667. The molecule has 1 rings (SSSR count). The predicted octanol–water partition coefficient (Wildman–Crippen LogP) is 3.63. The molecule has 0 heterocycles. The molecule has 1 aliphatic carbocycles. The second-order valence-electron chi connectivity index (χ2n) is 6.97. The SMILES string of the molecule is CCCCC(CC)CNC1=CC(=C(N)N)CC(C)(C)C1. The normalized spacial score (nSPS) is 19.4.